The molecule has 2 rings (SSSR count). The first-order valence-electron chi connectivity index (χ1n) is 6.96. The quantitative estimate of drug-likeness (QED) is 0.801. The van der Waals surface area contributed by atoms with Gasteiger partial charge in [-0.3, -0.25) is 0 Å². The maximum absolute atomic E-state index is 13.3. The topological polar surface area (TPSA) is 84.5 Å². The lowest BCUT2D eigenvalue weighted by atomic mass is 9.97. The minimum absolute atomic E-state index is 0.116. The van der Waals surface area contributed by atoms with Gasteiger partial charge in [0.2, 0.25) is 10.0 Å². The Labute approximate surface area is 129 Å². The third kappa shape index (κ3) is 3.63. The number of nitrogens with one attached hydrogen (secondary N) is 2. The van der Waals surface area contributed by atoms with Crippen molar-refractivity contribution in [2.24, 2.45) is 5.92 Å². The van der Waals surface area contributed by atoms with Crippen molar-refractivity contribution in [2.45, 2.75) is 24.3 Å². The number of carbonyl (C=O) groups excluding carboxylic acids is 1. The zero-order valence-corrected chi connectivity index (χ0v) is 13.2. The number of piperidine rings is 1. The van der Waals surface area contributed by atoms with Gasteiger partial charge in [0.05, 0.1) is 17.6 Å². The van der Waals surface area contributed by atoms with Gasteiger partial charge in [-0.1, -0.05) is 6.92 Å². The highest BCUT2D eigenvalue weighted by atomic mass is 32.2. The number of methoxy groups -OCH3 is 1. The third-order valence-corrected chi connectivity index (χ3v) is 5.28. The van der Waals surface area contributed by atoms with Gasteiger partial charge < -0.3 is 10.1 Å². The Kier molecular flexibility index (Phi) is 5.15. The second-order valence-electron chi connectivity index (χ2n) is 5.33. The lowest BCUT2D eigenvalue weighted by molar-refractivity contribution is 0.0595. The van der Waals surface area contributed by atoms with E-state index in [-0.39, 0.29) is 22.4 Å². The molecular formula is C14H19FN2O4S. The van der Waals surface area contributed by atoms with E-state index >= 15 is 0 Å². The predicted molar refractivity (Wildman–Crippen MR) is 78.5 cm³/mol. The van der Waals surface area contributed by atoms with Gasteiger partial charge in [-0.25, -0.2) is 22.3 Å². The standard InChI is InChI=1S/C14H19FN2O4S/c1-9-8-16-6-5-12(9)17-22(19,20)13-4-3-10(15)7-11(13)14(18)21-2/h3-4,7,9,12,16-17H,5-6,8H2,1-2H3. The highest BCUT2D eigenvalue weighted by Gasteiger charge is 2.29. The maximum Gasteiger partial charge on any atom is 0.339 e. The molecule has 1 saturated heterocycles. The molecule has 6 nitrogen and oxygen atoms in total. The van der Waals surface area contributed by atoms with Crippen molar-refractivity contribution in [3.8, 4) is 0 Å². The average Bonchev–Trinajstić information content (AvgIpc) is 2.48. The zero-order valence-electron chi connectivity index (χ0n) is 12.4. The monoisotopic (exact) mass is 330 g/mol. The van der Waals surface area contributed by atoms with Crippen molar-refractivity contribution < 1.29 is 22.3 Å². The molecule has 1 aliphatic heterocycles. The first-order chi connectivity index (χ1) is 10.3. The van der Waals surface area contributed by atoms with Crippen LogP contribution in [0, 0.1) is 11.7 Å². The van der Waals surface area contributed by atoms with E-state index in [2.05, 4.69) is 14.8 Å². The number of carbonyl (C=O) groups is 1. The number of sulfonamides is 1. The second-order valence-corrected chi connectivity index (χ2v) is 7.01. The van der Waals surface area contributed by atoms with E-state index in [1.807, 2.05) is 6.92 Å². The molecule has 0 spiro atoms. The fourth-order valence-corrected chi connectivity index (χ4v) is 4.01. The Morgan fingerprint density at radius 2 is 2.18 bits per heavy atom. The van der Waals surface area contributed by atoms with E-state index in [0.717, 1.165) is 25.3 Å². The second kappa shape index (κ2) is 6.72. The van der Waals surface area contributed by atoms with Gasteiger partial charge in [-0.15, -0.1) is 0 Å². The number of rotatable bonds is 4. The molecule has 0 aliphatic carbocycles. The van der Waals surface area contributed by atoms with Crippen molar-refractivity contribution in [1.82, 2.24) is 10.0 Å². The highest BCUT2D eigenvalue weighted by molar-refractivity contribution is 7.89. The molecule has 0 bridgehead atoms. The normalized spacial score (nSPS) is 22.3. The van der Waals surface area contributed by atoms with Gasteiger partial charge in [0.15, 0.2) is 0 Å². The largest absolute Gasteiger partial charge is 0.465 e. The fourth-order valence-electron chi connectivity index (χ4n) is 2.46. The molecule has 8 heteroatoms. The lowest BCUT2D eigenvalue weighted by Gasteiger charge is -2.30. The summed E-state index contributed by atoms with van der Waals surface area (Å²) < 4.78 is 45.5. The van der Waals surface area contributed by atoms with Crippen molar-refractivity contribution in [2.75, 3.05) is 20.2 Å². The van der Waals surface area contributed by atoms with Crippen LogP contribution in [-0.4, -0.2) is 40.6 Å². The Hall–Kier alpha value is -1.51. The molecule has 2 N–H and O–H groups in total. The Balaban J connectivity index is 2.34. The summed E-state index contributed by atoms with van der Waals surface area (Å²) in [7, 11) is -2.82. The van der Waals surface area contributed by atoms with Gasteiger partial charge in [0, 0.05) is 6.04 Å². The average molecular weight is 330 g/mol. The van der Waals surface area contributed by atoms with Crippen molar-refractivity contribution in [1.29, 1.82) is 0 Å². The van der Waals surface area contributed by atoms with E-state index in [9.17, 15) is 17.6 Å². The predicted octanol–water partition coefficient (Wildman–Crippen LogP) is 0.889. The number of halogens is 1. The molecule has 1 aromatic carbocycles. The summed E-state index contributed by atoms with van der Waals surface area (Å²) >= 11 is 0. The maximum atomic E-state index is 13.3. The Morgan fingerprint density at radius 3 is 2.82 bits per heavy atom. The van der Waals surface area contributed by atoms with Gasteiger partial charge in [0.25, 0.3) is 0 Å². The number of benzene rings is 1. The molecule has 0 radical (unpaired) electrons. The van der Waals surface area contributed by atoms with Crippen LogP contribution in [0.3, 0.4) is 0 Å². The smallest absolute Gasteiger partial charge is 0.339 e. The SMILES string of the molecule is COC(=O)c1cc(F)ccc1S(=O)(=O)NC1CCNCC1C. The van der Waals surface area contributed by atoms with Crippen molar-refractivity contribution in [3.63, 3.8) is 0 Å². The Bertz CT molecular complexity index is 663. The summed E-state index contributed by atoms with van der Waals surface area (Å²) in [6.07, 6.45) is 0.648. The molecule has 122 valence electrons. The number of hydrogen-bond acceptors (Lipinski definition) is 5. The lowest BCUT2D eigenvalue weighted by Crippen LogP contribution is -2.48. The van der Waals surface area contributed by atoms with Crippen LogP contribution in [0.15, 0.2) is 23.1 Å². The molecule has 1 aliphatic rings. The van der Waals surface area contributed by atoms with Crippen LogP contribution >= 0.6 is 0 Å². The molecule has 0 aromatic heterocycles. The minimum atomic E-state index is -3.94. The Morgan fingerprint density at radius 1 is 1.45 bits per heavy atom. The van der Waals surface area contributed by atoms with Crippen LogP contribution in [0.4, 0.5) is 4.39 Å². The van der Waals surface area contributed by atoms with Gasteiger partial charge in [0.1, 0.15) is 5.82 Å². The molecule has 22 heavy (non-hydrogen) atoms. The molecule has 1 aromatic rings. The van der Waals surface area contributed by atoms with Crippen LogP contribution in [0.25, 0.3) is 0 Å². The molecular weight excluding hydrogens is 311 g/mol. The zero-order chi connectivity index (χ0) is 16.3. The number of hydrogen-bond donors (Lipinski definition) is 2. The highest BCUT2D eigenvalue weighted by Crippen LogP contribution is 2.20. The summed E-state index contributed by atoms with van der Waals surface area (Å²) in [6.45, 7) is 3.36. The van der Waals surface area contributed by atoms with E-state index < -0.39 is 21.8 Å². The summed E-state index contributed by atoms with van der Waals surface area (Å²) in [5.74, 6) is -1.47. The molecule has 1 fully saturated rings. The minimum Gasteiger partial charge on any atom is -0.465 e. The molecule has 2 atom stereocenters. The summed E-state index contributed by atoms with van der Waals surface area (Å²) in [5.41, 5.74) is -0.309. The van der Waals surface area contributed by atoms with E-state index in [4.69, 9.17) is 0 Å². The fraction of sp³-hybridized carbons (Fsp3) is 0.500. The van der Waals surface area contributed by atoms with Crippen LogP contribution in [0.1, 0.15) is 23.7 Å². The van der Waals surface area contributed by atoms with E-state index in [1.54, 1.807) is 0 Å². The van der Waals surface area contributed by atoms with Crippen LogP contribution in [-0.2, 0) is 14.8 Å². The molecule has 1 heterocycles. The third-order valence-electron chi connectivity index (χ3n) is 3.73. The van der Waals surface area contributed by atoms with Gasteiger partial charge in [-0.05, 0) is 43.6 Å². The van der Waals surface area contributed by atoms with Crippen LogP contribution < -0.4 is 10.0 Å². The van der Waals surface area contributed by atoms with Crippen LogP contribution in [0.5, 0.6) is 0 Å². The summed E-state index contributed by atoms with van der Waals surface area (Å²) in [5, 5.41) is 3.18. The van der Waals surface area contributed by atoms with Crippen molar-refractivity contribution in [3.05, 3.63) is 29.6 Å². The molecule has 2 unspecified atom stereocenters. The first kappa shape index (κ1) is 16.9. The van der Waals surface area contributed by atoms with E-state index in [0.29, 0.717) is 19.5 Å². The van der Waals surface area contributed by atoms with Gasteiger partial charge >= 0.3 is 5.97 Å². The van der Waals surface area contributed by atoms with Gasteiger partial charge in [-0.2, -0.15) is 0 Å². The number of esters is 1. The molecule has 0 saturated carbocycles. The first-order valence-corrected chi connectivity index (χ1v) is 8.44. The summed E-state index contributed by atoms with van der Waals surface area (Å²) in [4.78, 5) is 11.4. The van der Waals surface area contributed by atoms with Crippen molar-refractivity contribution >= 4 is 16.0 Å². The van der Waals surface area contributed by atoms with Crippen LogP contribution in [0.2, 0.25) is 0 Å². The number of ether oxygens (including phenoxy) is 1. The molecule has 0 amide bonds. The van der Waals surface area contributed by atoms with E-state index in [1.165, 1.54) is 0 Å². The summed E-state index contributed by atoms with van der Waals surface area (Å²) in [6, 6.07) is 2.72.